The molecule has 0 bridgehead atoms. The molecule has 0 amide bonds. The second-order valence-electron chi connectivity index (χ2n) is 4.42. The van der Waals surface area contributed by atoms with Gasteiger partial charge >= 0.3 is 5.97 Å². The summed E-state index contributed by atoms with van der Waals surface area (Å²) in [5.74, 6) is 1.43. The maximum Gasteiger partial charge on any atom is 0.309 e. The molecule has 2 nitrogen and oxygen atoms in total. The Kier molecular flexibility index (Phi) is 4.43. The number of esters is 1. The zero-order valence-electron chi connectivity index (χ0n) is 9.58. The normalized spacial score (nSPS) is 32.6. The van der Waals surface area contributed by atoms with Crippen molar-refractivity contribution in [2.45, 2.75) is 46.5 Å². The third kappa shape index (κ3) is 2.73. The van der Waals surface area contributed by atoms with E-state index in [1.165, 1.54) is 19.3 Å². The van der Waals surface area contributed by atoms with Crippen LogP contribution in [0.5, 0.6) is 0 Å². The predicted molar refractivity (Wildman–Crippen MR) is 56.9 cm³/mol. The molecule has 2 heteroatoms. The van der Waals surface area contributed by atoms with Gasteiger partial charge in [0.15, 0.2) is 0 Å². The second kappa shape index (κ2) is 5.38. The topological polar surface area (TPSA) is 26.3 Å². The van der Waals surface area contributed by atoms with Crippen molar-refractivity contribution >= 4 is 5.97 Å². The van der Waals surface area contributed by atoms with Crippen molar-refractivity contribution in [2.75, 3.05) is 6.61 Å². The molecule has 14 heavy (non-hydrogen) atoms. The van der Waals surface area contributed by atoms with Crippen LogP contribution in [0.2, 0.25) is 0 Å². The zero-order valence-corrected chi connectivity index (χ0v) is 9.58. The van der Waals surface area contributed by atoms with Gasteiger partial charge in [-0.25, -0.2) is 0 Å². The molecule has 82 valence electrons. The van der Waals surface area contributed by atoms with Crippen LogP contribution in [0, 0.1) is 17.8 Å². The fourth-order valence-corrected chi connectivity index (χ4v) is 2.36. The van der Waals surface area contributed by atoms with Crippen molar-refractivity contribution in [3.63, 3.8) is 0 Å². The Bertz CT molecular complexity index is 189. The fourth-order valence-electron chi connectivity index (χ4n) is 2.36. The van der Waals surface area contributed by atoms with Crippen molar-refractivity contribution < 1.29 is 9.53 Å². The molecule has 0 aliphatic heterocycles. The van der Waals surface area contributed by atoms with Crippen LogP contribution >= 0.6 is 0 Å². The number of ether oxygens (including phenoxy) is 1. The maximum absolute atomic E-state index is 11.6. The molecule has 0 aromatic heterocycles. The Morgan fingerprint density at radius 1 is 1.36 bits per heavy atom. The van der Waals surface area contributed by atoms with E-state index in [0.29, 0.717) is 12.5 Å². The summed E-state index contributed by atoms with van der Waals surface area (Å²) < 4.78 is 5.11. The van der Waals surface area contributed by atoms with Crippen molar-refractivity contribution in [3.05, 3.63) is 0 Å². The van der Waals surface area contributed by atoms with Crippen LogP contribution in [0.25, 0.3) is 0 Å². The van der Waals surface area contributed by atoms with E-state index in [1.807, 2.05) is 6.92 Å². The lowest BCUT2D eigenvalue weighted by molar-refractivity contribution is -0.151. The minimum absolute atomic E-state index is 0.0261. The van der Waals surface area contributed by atoms with Crippen molar-refractivity contribution in [2.24, 2.45) is 17.8 Å². The Morgan fingerprint density at radius 3 is 2.64 bits per heavy atom. The summed E-state index contributed by atoms with van der Waals surface area (Å²) in [6.45, 7) is 6.78. The first-order chi connectivity index (χ1) is 6.69. The standard InChI is InChI=1S/C12H22O2/c1-4-10-7-6-9(3)11(8-10)12(13)14-5-2/h9-11H,4-8H2,1-3H3. The van der Waals surface area contributed by atoms with Gasteiger partial charge < -0.3 is 4.74 Å². The van der Waals surface area contributed by atoms with Crippen molar-refractivity contribution in [1.82, 2.24) is 0 Å². The smallest absolute Gasteiger partial charge is 0.309 e. The van der Waals surface area contributed by atoms with E-state index < -0.39 is 0 Å². The SMILES string of the molecule is CCOC(=O)C1CC(CC)CCC1C. The minimum atomic E-state index is 0.0261. The first-order valence-electron chi connectivity index (χ1n) is 5.85. The van der Waals surface area contributed by atoms with E-state index in [0.717, 1.165) is 12.3 Å². The second-order valence-corrected chi connectivity index (χ2v) is 4.42. The molecule has 1 saturated carbocycles. The average molecular weight is 198 g/mol. The van der Waals surface area contributed by atoms with E-state index in [4.69, 9.17) is 4.74 Å². The molecule has 0 saturated heterocycles. The van der Waals surface area contributed by atoms with Crippen LogP contribution in [0.1, 0.15) is 46.5 Å². The molecule has 0 spiro atoms. The first kappa shape index (κ1) is 11.5. The summed E-state index contributed by atoms with van der Waals surface area (Å²) in [6.07, 6.45) is 4.70. The minimum Gasteiger partial charge on any atom is -0.466 e. The summed E-state index contributed by atoms with van der Waals surface area (Å²) in [5, 5.41) is 0. The summed E-state index contributed by atoms with van der Waals surface area (Å²) in [6, 6.07) is 0. The molecule has 0 aromatic carbocycles. The molecular weight excluding hydrogens is 176 g/mol. The van der Waals surface area contributed by atoms with Gasteiger partial charge in [-0.1, -0.05) is 26.7 Å². The largest absolute Gasteiger partial charge is 0.466 e. The van der Waals surface area contributed by atoms with Crippen LogP contribution in [-0.2, 0) is 9.53 Å². The zero-order chi connectivity index (χ0) is 10.6. The van der Waals surface area contributed by atoms with Gasteiger partial charge in [0.2, 0.25) is 0 Å². The van der Waals surface area contributed by atoms with Gasteiger partial charge in [-0.2, -0.15) is 0 Å². The molecule has 3 atom stereocenters. The van der Waals surface area contributed by atoms with E-state index in [-0.39, 0.29) is 11.9 Å². The lowest BCUT2D eigenvalue weighted by Gasteiger charge is -2.32. The van der Waals surface area contributed by atoms with Gasteiger partial charge in [-0.3, -0.25) is 4.79 Å². The molecule has 0 N–H and O–H groups in total. The van der Waals surface area contributed by atoms with Gasteiger partial charge in [0.05, 0.1) is 12.5 Å². The highest BCUT2D eigenvalue weighted by atomic mass is 16.5. The van der Waals surface area contributed by atoms with Crippen molar-refractivity contribution in [1.29, 1.82) is 0 Å². The Labute approximate surface area is 87.0 Å². The molecule has 1 fully saturated rings. The lowest BCUT2D eigenvalue weighted by atomic mass is 9.74. The van der Waals surface area contributed by atoms with Crippen LogP contribution in [0.3, 0.4) is 0 Å². The Morgan fingerprint density at radius 2 is 2.07 bits per heavy atom. The van der Waals surface area contributed by atoms with E-state index in [2.05, 4.69) is 13.8 Å². The number of hydrogen-bond acceptors (Lipinski definition) is 2. The Hall–Kier alpha value is -0.530. The van der Waals surface area contributed by atoms with Gasteiger partial charge in [-0.15, -0.1) is 0 Å². The number of rotatable bonds is 3. The molecule has 1 aliphatic rings. The number of carbonyl (C=O) groups excluding carboxylic acids is 1. The maximum atomic E-state index is 11.6. The highest BCUT2D eigenvalue weighted by molar-refractivity contribution is 5.72. The van der Waals surface area contributed by atoms with E-state index in [9.17, 15) is 4.79 Å². The molecule has 3 unspecified atom stereocenters. The van der Waals surface area contributed by atoms with Gasteiger partial charge in [-0.05, 0) is 31.6 Å². The van der Waals surface area contributed by atoms with E-state index in [1.54, 1.807) is 0 Å². The molecule has 0 radical (unpaired) electrons. The first-order valence-corrected chi connectivity index (χ1v) is 5.85. The molecular formula is C12H22O2. The van der Waals surface area contributed by atoms with Crippen molar-refractivity contribution in [3.8, 4) is 0 Å². The molecule has 0 aromatic rings. The van der Waals surface area contributed by atoms with E-state index >= 15 is 0 Å². The van der Waals surface area contributed by atoms with Crippen LogP contribution in [0.15, 0.2) is 0 Å². The summed E-state index contributed by atoms with van der Waals surface area (Å²) >= 11 is 0. The summed E-state index contributed by atoms with van der Waals surface area (Å²) in [5.41, 5.74) is 0. The molecule has 0 heterocycles. The Balaban J connectivity index is 2.51. The third-order valence-electron chi connectivity index (χ3n) is 3.47. The van der Waals surface area contributed by atoms with Crippen LogP contribution in [-0.4, -0.2) is 12.6 Å². The third-order valence-corrected chi connectivity index (χ3v) is 3.47. The fraction of sp³-hybridized carbons (Fsp3) is 0.917. The molecule has 1 aliphatic carbocycles. The highest BCUT2D eigenvalue weighted by Gasteiger charge is 2.32. The highest BCUT2D eigenvalue weighted by Crippen LogP contribution is 2.35. The van der Waals surface area contributed by atoms with Gasteiger partial charge in [0.1, 0.15) is 0 Å². The van der Waals surface area contributed by atoms with Gasteiger partial charge in [0.25, 0.3) is 0 Å². The van der Waals surface area contributed by atoms with Gasteiger partial charge in [0, 0.05) is 0 Å². The summed E-state index contributed by atoms with van der Waals surface area (Å²) in [7, 11) is 0. The molecule has 1 rings (SSSR count). The predicted octanol–water partition coefficient (Wildman–Crippen LogP) is 3.01. The van der Waals surface area contributed by atoms with Crippen LogP contribution in [0.4, 0.5) is 0 Å². The number of carbonyl (C=O) groups is 1. The monoisotopic (exact) mass is 198 g/mol. The average Bonchev–Trinajstić information content (AvgIpc) is 2.19. The quantitative estimate of drug-likeness (QED) is 0.652. The summed E-state index contributed by atoms with van der Waals surface area (Å²) in [4.78, 5) is 11.6. The van der Waals surface area contributed by atoms with Crippen LogP contribution < -0.4 is 0 Å². The lowest BCUT2D eigenvalue weighted by Crippen LogP contribution is -2.30. The number of hydrogen-bond donors (Lipinski definition) is 0.